The Morgan fingerprint density at radius 2 is 2.21 bits per heavy atom. The van der Waals surface area contributed by atoms with Crippen LogP contribution in [0.3, 0.4) is 0 Å². The van der Waals surface area contributed by atoms with Crippen LogP contribution in [-0.2, 0) is 4.74 Å². The molecule has 3 rings (SSSR count). The fourth-order valence-corrected chi connectivity index (χ4v) is 2.88. The van der Waals surface area contributed by atoms with Gasteiger partial charge in [-0.2, -0.15) is 0 Å². The van der Waals surface area contributed by atoms with Crippen LogP contribution >= 0.6 is 0 Å². The van der Waals surface area contributed by atoms with E-state index in [1.54, 1.807) is 0 Å². The van der Waals surface area contributed by atoms with Crippen molar-refractivity contribution in [2.75, 3.05) is 18.5 Å². The number of anilines is 1. The maximum atomic E-state index is 12.7. The Morgan fingerprint density at radius 1 is 1.42 bits per heavy atom. The van der Waals surface area contributed by atoms with E-state index < -0.39 is 0 Å². The summed E-state index contributed by atoms with van der Waals surface area (Å²) < 4.78 is 5.66. The molecule has 4 nitrogen and oxygen atoms in total. The van der Waals surface area contributed by atoms with E-state index in [1.807, 2.05) is 43.0 Å². The fraction of sp³-hybridized carbons (Fsp3) is 0.533. The molecule has 0 radical (unpaired) electrons. The normalized spacial score (nSPS) is 25.1. The van der Waals surface area contributed by atoms with Gasteiger partial charge in [-0.25, -0.2) is 0 Å². The number of benzene rings is 1. The van der Waals surface area contributed by atoms with Crippen molar-refractivity contribution >= 4 is 11.6 Å². The number of carbonyl (C=O) groups is 1. The van der Waals surface area contributed by atoms with Crippen LogP contribution < -0.4 is 5.32 Å². The highest BCUT2D eigenvalue weighted by atomic mass is 16.5. The quantitative estimate of drug-likeness (QED) is 0.888. The lowest BCUT2D eigenvalue weighted by molar-refractivity contribution is 0.0291. The van der Waals surface area contributed by atoms with Crippen LogP contribution in [-0.4, -0.2) is 35.7 Å². The van der Waals surface area contributed by atoms with Gasteiger partial charge >= 0.3 is 0 Å². The smallest absolute Gasteiger partial charge is 0.257 e. The van der Waals surface area contributed by atoms with Crippen molar-refractivity contribution in [1.29, 1.82) is 0 Å². The predicted molar refractivity (Wildman–Crippen MR) is 74.2 cm³/mol. The van der Waals surface area contributed by atoms with Gasteiger partial charge in [0.15, 0.2) is 0 Å². The minimum absolute atomic E-state index is 0.0925. The minimum atomic E-state index is -0.378. The first-order chi connectivity index (χ1) is 9.08. The number of carbonyl (C=O) groups excluding carboxylic acids is 1. The van der Waals surface area contributed by atoms with Crippen molar-refractivity contribution in [1.82, 2.24) is 4.90 Å². The zero-order chi connectivity index (χ0) is 13.5. The zero-order valence-corrected chi connectivity index (χ0v) is 11.5. The summed E-state index contributed by atoms with van der Waals surface area (Å²) in [6, 6.07) is 7.69. The molecule has 2 aliphatic heterocycles. The van der Waals surface area contributed by atoms with Crippen LogP contribution in [0, 0.1) is 0 Å². The van der Waals surface area contributed by atoms with Gasteiger partial charge in [0.05, 0.1) is 11.7 Å². The molecule has 102 valence electrons. The number of fused-ring (bicyclic) bond motifs is 1. The maximum Gasteiger partial charge on any atom is 0.257 e. The highest BCUT2D eigenvalue weighted by Crippen LogP contribution is 2.31. The van der Waals surface area contributed by atoms with E-state index in [-0.39, 0.29) is 17.7 Å². The summed E-state index contributed by atoms with van der Waals surface area (Å²) in [7, 11) is 0. The van der Waals surface area contributed by atoms with Gasteiger partial charge in [-0.1, -0.05) is 12.1 Å². The monoisotopic (exact) mass is 260 g/mol. The Morgan fingerprint density at radius 3 is 2.95 bits per heavy atom. The third-order valence-electron chi connectivity index (χ3n) is 3.93. The summed E-state index contributed by atoms with van der Waals surface area (Å²) in [6.07, 6.45) is 2.31. The second-order valence-corrected chi connectivity index (χ2v) is 5.78. The highest BCUT2D eigenvalue weighted by Gasteiger charge is 2.39. The van der Waals surface area contributed by atoms with Gasteiger partial charge in [0.25, 0.3) is 5.91 Å². The molecule has 1 atom stereocenters. The van der Waals surface area contributed by atoms with E-state index in [1.165, 1.54) is 0 Å². The van der Waals surface area contributed by atoms with Crippen LogP contribution in [0.25, 0.3) is 0 Å². The van der Waals surface area contributed by atoms with Crippen LogP contribution in [0.15, 0.2) is 24.3 Å². The zero-order valence-electron chi connectivity index (χ0n) is 11.5. The van der Waals surface area contributed by atoms with Crippen LogP contribution in [0.4, 0.5) is 5.69 Å². The lowest BCUT2D eigenvalue weighted by Crippen LogP contribution is -2.58. The van der Waals surface area contributed by atoms with Crippen LogP contribution in [0.1, 0.15) is 37.0 Å². The SMILES string of the molecule is CC1(C)Nc2ccccc2C(=O)N1CC1CCCO1. The summed E-state index contributed by atoms with van der Waals surface area (Å²) in [6.45, 7) is 5.55. The lowest BCUT2D eigenvalue weighted by atomic mass is 10.0. The average Bonchev–Trinajstić information content (AvgIpc) is 2.87. The molecule has 0 aromatic heterocycles. The molecule has 0 aliphatic carbocycles. The number of amides is 1. The lowest BCUT2D eigenvalue weighted by Gasteiger charge is -2.45. The largest absolute Gasteiger partial charge is 0.376 e. The van der Waals surface area contributed by atoms with E-state index in [0.717, 1.165) is 30.7 Å². The summed E-state index contributed by atoms with van der Waals surface area (Å²) >= 11 is 0. The van der Waals surface area contributed by atoms with Crippen LogP contribution in [0.5, 0.6) is 0 Å². The number of para-hydroxylation sites is 1. The van der Waals surface area contributed by atoms with E-state index in [0.29, 0.717) is 6.54 Å². The van der Waals surface area contributed by atoms with E-state index in [9.17, 15) is 4.79 Å². The second kappa shape index (κ2) is 4.53. The van der Waals surface area contributed by atoms with Gasteiger partial charge in [0, 0.05) is 18.8 Å². The number of nitrogens with one attached hydrogen (secondary N) is 1. The van der Waals surface area contributed by atoms with Crippen molar-refractivity contribution in [3.05, 3.63) is 29.8 Å². The third-order valence-corrected chi connectivity index (χ3v) is 3.93. The number of hydrogen-bond donors (Lipinski definition) is 1. The summed E-state index contributed by atoms with van der Waals surface area (Å²) in [5.41, 5.74) is 1.29. The van der Waals surface area contributed by atoms with Gasteiger partial charge in [-0.05, 0) is 38.8 Å². The molecule has 1 saturated heterocycles. The molecule has 1 N–H and O–H groups in total. The number of hydrogen-bond acceptors (Lipinski definition) is 3. The standard InChI is InChI=1S/C15H20N2O2/c1-15(2)16-13-8-4-3-7-12(13)14(18)17(15)10-11-6-5-9-19-11/h3-4,7-8,11,16H,5-6,9-10H2,1-2H3. The van der Waals surface area contributed by atoms with Gasteiger partial charge in [-0.15, -0.1) is 0 Å². The molecule has 1 unspecified atom stereocenters. The maximum absolute atomic E-state index is 12.7. The molecule has 0 saturated carbocycles. The first kappa shape index (κ1) is 12.5. The Bertz CT molecular complexity index is 493. The Balaban J connectivity index is 1.88. The second-order valence-electron chi connectivity index (χ2n) is 5.78. The summed E-state index contributed by atoms with van der Waals surface area (Å²) in [4.78, 5) is 14.5. The molecule has 1 amide bonds. The first-order valence-corrected chi connectivity index (χ1v) is 6.89. The number of nitrogens with zero attached hydrogens (tertiary/aromatic N) is 1. The summed E-state index contributed by atoms with van der Waals surface area (Å²) in [5.74, 6) is 0.0925. The minimum Gasteiger partial charge on any atom is -0.376 e. The molecule has 1 fully saturated rings. The number of ether oxygens (including phenoxy) is 1. The average molecular weight is 260 g/mol. The highest BCUT2D eigenvalue weighted by molar-refractivity contribution is 6.02. The Hall–Kier alpha value is -1.55. The molecular formula is C15H20N2O2. The molecule has 0 spiro atoms. The molecule has 19 heavy (non-hydrogen) atoms. The van der Waals surface area contributed by atoms with Crippen molar-refractivity contribution < 1.29 is 9.53 Å². The molecule has 0 bridgehead atoms. The van der Waals surface area contributed by atoms with Crippen molar-refractivity contribution in [3.8, 4) is 0 Å². The van der Waals surface area contributed by atoms with E-state index >= 15 is 0 Å². The first-order valence-electron chi connectivity index (χ1n) is 6.89. The van der Waals surface area contributed by atoms with Gasteiger partial charge in [0.1, 0.15) is 5.66 Å². The molecule has 2 heterocycles. The Kier molecular flexibility index (Phi) is 2.97. The summed E-state index contributed by atoms with van der Waals surface area (Å²) in [5, 5.41) is 3.44. The third kappa shape index (κ3) is 2.21. The molecule has 2 aliphatic rings. The topological polar surface area (TPSA) is 41.6 Å². The molecule has 1 aromatic carbocycles. The van der Waals surface area contributed by atoms with E-state index in [4.69, 9.17) is 4.74 Å². The number of rotatable bonds is 2. The van der Waals surface area contributed by atoms with Crippen LogP contribution in [0.2, 0.25) is 0 Å². The van der Waals surface area contributed by atoms with E-state index in [2.05, 4.69) is 5.32 Å². The van der Waals surface area contributed by atoms with Crippen molar-refractivity contribution in [3.63, 3.8) is 0 Å². The fourth-order valence-electron chi connectivity index (χ4n) is 2.88. The van der Waals surface area contributed by atoms with Crippen molar-refractivity contribution in [2.45, 2.75) is 38.5 Å². The van der Waals surface area contributed by atoms with Gasteiger partial charge in [0.2, 0.25) is 0 Å². The van der Waals surface area contributed by atoms with Crippen molar-refractivity contribution in [2.24, 2.45) is 0 Å². The predicted octanol–water partition coefficient (Wildman–Crippen LogP) is 2.47. The molecule has 4 heteroatoms. The Labute approximate surface area is 113 Å². The molecule has 1 aromatic rings. The molecular weight excluding hydrogens is 240 g/mol. The van der Waals surface area contributed by atoms with Gasteiger partial charge in [-0.3, -0.25) is 4.79 Å². The van der Waals surface area contributed by atoms with Gasteiger partial charge < -0.3 is 15.0 Å².